The fourth-order valence-electron chi connectivity index (χ4n) is 2.56. The van der Waals surface area contributed by atoms with Crippen LogP contribution < -0.4 is 14.8 Å². The van der Waals surface area contributed by atoms with Crippen LogP contribution in [0, 0.1) is 0 Å². The summed E-state index contributed by atoms with van der Waals surface area (Å²) in [5.41, 5.74) is 1.88. The Kier molecular flexibility index (Phi) is 4.01. The Balaban J connectivity index is 1.90. The number of thiazole rings is 1. The first-order valence-corrected chi connectivity index (χ1v) is 8.80. The summed E-state index contributed by atoms with van der Waals surface area (Å²) in [4.78, 5) is 17.8. The zero-order valence-corrected chi connectivity index (χ0v) is 14.9. The number of para-hydroxylation sites is 2. The van der Waals surface area contributed by atoms with Gasteiger partial charge in [0.2, 0.25) is 0 Å². The second-order valence-corrected chi connectivity index (χ2v) is 7.06. The average Bonchev–Trinajstić information content (AvgIpc) is 3.07. The van der Waals surface area contributed by atoms with Gasteiger partial charge in [0.1, 0.15) is 5.75 Å². The molecule has 0 amide bonds. The van der Waals surface area contributed by atoms with Gasteiger partial charge in [0.05, 0.1) is 15.6 Å². The highest BCUT2D eigenvalue weighted by molar-refractivity contribution is 9.10. The van der Waals surface area contributed by atoms with Crippen LogP contribution in [0.15, 0.2) is 51.7 Å². The fraction of sp³-hybridized carbons (Fsp3) is 0.0588. The van der Waals surface area contributed by atoms with E-state index in [9.17, 15) is 13.6 Å². The first kappa shape index (κ1) is 16.2. The number of alkyl halides is 2. The monoisotopic (exact) mass is 422 g/mol. The Morgan fingerprint density at radius 3 is 2.84 bits per heavy atom. The van der Waals surface area contributed by atoms with Crippen LogP contribution in [0.4, 0.5) is 8.78 Å². The van der Waals surface area contributed by atoms with Crippen molar-refractivity contribution in [3.8, 4) is 5.75 Å². The SMILES string of the molecule is O=c1c(=Cc2cc(OC(F)F)ccc2Br)sc2nc3ccccc3n12. The number of hydrogen-bond acceptors (Lipinski definition) is 4. The second-order valence-electron chi connectivity index (χ2n) is 5.20. The summed E-state index contributed by atoms with van der Waals surface area (Å²) in [6.45, 7) is -2.90. The van der Waals surface area contributed by atoms with Gasteiger partial charge in [0, 0.05) is 4.47 Å². The highest BCUT2D eigenvalue weighted by Gasteiger charge is 2.11. The largest absolute Gasteiger partial charge is 0.435 e. The molecule has 4 aromatic rings. The van der Waals surface area contributed by atoms with Crippen molar-refractivity contribution in [1.82, 2.24) is 9.38 Å². The van der Waals surface area contributed by atoms with Gasteiger partial charge in [-0.25, -0.2) is 9.38 Å². The van der Waals surface area contributed by atoms with Gasteiger partial charge in [-0.1, -0.05) is 39.4 Å². The number of rotatable bonds is 3. The standard InChI is InChI=1S/C17H9BrF2N2O2S/c18-11-6-5-10(24-16(19)20)7-9(11)8-14-15(23)22-13-4-2-1-3-12(13)21-17(22)25-14/h1-8,16H. The molecule has 0 spiro atoms. The lowest BCUT2D eigenvalue weighted by Gasteiger charge is -2.06. The van der Waals surface area contributed by atoms with E-state index in [4.69, 9.17) is 0 Å². The summed E-state index contributed by atoms with van der Waals surface area (Å²) >= 11 is 4.61. The number of ether oxygens (including phenoxy) is 1. The molecule has 2 heterocycles. The van der Waals surface area contributed by atoms with Crippen molar-refractivity contribution in [3.63, 3.8) is 0 Å². The van der Waals surface area contributed by atoms with Crippen molar-refractivity contribution >= 4 is 49.3 Å². The number of nitrogens with zero attached hydrogens (tertiary/aromatic N) is 2. The van der Waals surface area contributed by atoms with E-state index in [1.165, 1.54) is 23.5 Å². The van der Waals surface area contributed by atoms with Crippen LogP contribution in [-0.2, 0) is 0 Å². The van der Waals surface area contributed by atoms with Crippen LogP contribution in [0.2, 0.25) is 0 Å². The molecule has 0 N–H and O–H groups in total. The van der Waals surface area contributed by atoms with Crippen molar-refractivity contribution < 1.29 is 13.5 Å². The van der Waals surface area contributed by atoms with Gasteiger partial charge < -0.3 is 4.74 Å². The quantitative estimate of drug-likeness (QED) is 0.503. The molecule has 126 valence electrons. The molecule has 25 heavy (non-hydrogen) atoms. The van der Waals surface area contributed by atoms with Crippen LogP contribution in [0.1, 0.15) is 5.56 Å². The fourth-order valence-corrected chi connectivity index (χ4v) is 3.90. The molecule has 0 atom stereocenters. The second kappa shape index (κ2) is 6.20. The van der Waals surface area contributed by atoms with E-state index in [0.717, 1.165) is 11.0 Å². The van der Waals surface area contributed by atoms with Crippen LogP contribution in [0.3, 0.4) is 0 Å². The van der Waals surface area contributed by atoms with E-state index in [1.54, 1.807) is 16.5 Å². The normalized spacial score (nSPS) is 12.6. The molecule has 0 aliphatic heterocycles. The summed E-state index contributed by atoms with van der Waals surface area (Å²) in [6.07, 6.45) is 1.64. The number of halogens is 3. The Labute approximate surface area is 152 Å². The number of fused-ring (bicyclic) bond motifs is 3. The highest BCUT2D eigenvalue weighted by Crippen LogP contribution is 2.24. The summed E-state index contributed by atoms with van der Waals surface area (Å²) < 4.78 is 31.9. The van der Waals surface area contributed by atoms with Gasteiger partial charge >= 0.3 is 6.61 Å². The third-order valence-corrected chi connectivity index (χ3v) is 5.32. The first-order chi connectivity index (χ1) is 12.0. The van der Waals surface area contributed by atoms with E-state index in [2.05, 4.69) is 25.7 Å². The molecule has 4 rings (SSSR count). The van der Waals surface area contributed by atoms with Crippen LogP contribution in [0.25, 0.3) is 22.1 Å². The van der Waals surface area contributed by atoms with Crippen LogP contribution in [-0.4, -0.2) is 16.0 Å². The molecule has 0 bridgehead atoms. The van der Waals surface area contributed by atoms with Gasteiger partial charge in [-0.05, 0) is 42.0 Å². The van der Waals surface area contributed by atoms with Crippen LogP contribution >= 0.6 is 27.3 Å². The maximum Gasteiger partial charge on any atom is 0.387 e. The number of aromatic nitrogens is 2. The molecule has 0 aliphatic rings. The molecule has 0 saturated heterocycles. The minimum atomic E-state index is -2.90. The number of imidazole rings is 1. The lowest BCUT2D eigenvalue weighted by molar-refractivity contribution is -0.0498. The molecule has 2 aromatic heterocycles. The minimum absolute atomic E-state index is 0.0312. The molecule has 4 nitrogen and oxygen atoms in total. The maximum atomic E-state index is 12.7. The van der Waals surface area contributed by atoms with Crippen molar-refractivity contribution in [3.05, 3.63) is 67.4 Å². The Bertz CT molecular complexity index is 1200. The molecule has 0 saturated carbocycles. The van der Waals surface area contributed by atoms with Crippen LogP contribution in [0.5, 0.6) is 5.75 Å². The number of hydrogen-bond donors (Lipinski definition) is 0. The summed E-state index contributed by atoms with van der Waals surface area (Å²) in [5.74, 6) is 0.0312. The predicted molar refractivity (Wildman–Crippen MR) is 96.4 cm³/mol. The zero-order chi connectivity index (χ0) is 17.6. The lowest BCUT2D eigenvalue weighted by atomic mass is 10.2. The molecule has 8 heteroatoms. The van der Waals surface area contributed by atoms with E-state index in [1.807, 2.05) is 24.3 Å². The van der Waals surface area contributed by atoms with E-state index >= 15 is 0 Å². The van der Waals surface area contributed by atoms with Crippen molar-refractivity contribution in [2.45, 2.75) is 6.61 Å². The maximum absolute atomic E-state index is 12.7. The Hall–Kier alpha value is -2.32. The van der Waals surface area contributed by atoms with Crippen molar-refractivity contribution in [2.24, 2.45) is 0 Å². The Morgan fingerprint density at radius 2 is 2.04 bits per heavy atom. The minimum Gasteiger partial charge on any atom is -0.435 e. The van der Waals surface area contributed by atoms with Crippen molar-refractivity contribution in [1.29, 1.82) is 0 Å². The molecule has 0 aliphatic carbocycles. The molecule has 0 fully saturated rings. The number of benzene rings is 2. The van der Waals surface area contributed by atoms with E-state index in [0.29, 0.717) is 19.5 Å². The van der Waals surface area contributed by atoms with E-state index in [-0.39, 0.29) is 11.3 Å². The molecule has 2 aromatic carbocycles. The topological polar surface area (TPSA) is 43.6 Å². The third-order valence-electron chi connectivity index (χ3n) is 3.62. The molecular formula is C17H9BrF2N2O2S. The van der Waals surface area contributed by atoms with E-state index < -0.39 is 6.61 Å². The molecule has 0 unspecified atom stereocenters. The molecule has 0 radical (unpaired) electrons. The summed E-state index contributed by atoms with van der Waals surface area (Å²) in [5, 5.41) is 0. The first-order valence-electron chi connectivity index (χ1n) is 7.19. The highest BCUT2D eigenvalue weighted by atomic mass is 79.9. The van der Waals surface area contributed by atoms with Gasteiger partial charge in [0.25, 0.3) is 5.56 Å². The molecular weight excluding hydrogens is 414 g/mol. The van der Waals surface area contributed by atoms with Gasteiger partial charge in [0.15, 0.2) is 4.96 Å². The van der Waals surface area contributed by atoms with Gasteiger partial charge in [-0.15, -0.1) is 0 Å². The zero-order valence-electron chi connectivity index (χ0n) is 12.4. The average molecular weight is 423 g/mol. The summed E-state index contributed by atoms with van der Waals surface area (Å²) in [7, 11) is 0. The predicted octanol–water partition coefficient (Wildman–Crippen LogP) is 3.82. The smallest absolute Gasteiger partial charge is 0.387 e. The third kappa shape index (κ3) is 2.91. The van der Waals surface area contributed by atoms with Gasteiger partial charge in [-0.3, -0.25) is 4.79 Å². The Morgan fingerprint density at radius 1 is 1.24 bits per heavy atom. The van der Waals surface area contributed by atoms with Crippen molar-refractivity contribution in [2.75, 3.05) is 0 Å². The lowest BCUT2D eigenvalue weighted by Crippen LogP contribution is -2.22. The van der Waals surface area contributed by atoms with Gasteiger partial charge in [-0.2, -0.15) is 8.78 Å². The summed E-state index contributed by atoms with van der Waals surface area (Å²) in [6, 6.07) is 11.9.